The molecule has 1 aromatic carbocycles. The number of nitro groups is 1. The van der Waals surface area contributed by atoms with Crippen LogP contribution in [0.3, 0.4) is 0 Å². The standard InChI is InChI=1S/C17H13N9O2/c27-26(28)13-8-19-23(10-13)7-6-15-21-17-14-9-20-25(12-4-2-1-3-5-12)16(14)18-11-24(17)22-15/h1-5,8-11H,6-7H2. The number of para-hydroxylation sites is 1. The van der Waals surface area contributed by atoms with E-state index < -0.39 is 4.92 Å². The maximum absolute atomic E-state index is 10.7. The molecule has 28 heavy (non-hydrogen) atoms. The van der Waals surface area contributed by atoms with Gasteiger partial charge in [-0.3, -0.25) is 14.8 Å². The number of rotatable bonds is 5. The van der Waals surface area contributed by atoms with Gasteiger partial charge in [-0.05, 0) is 12.1 Å². The van der Waals surface area contributed by atoms with Crippen molar-refractivity contribution in [3.8, 4) is 5.69 Å². The average Bonchev–Trinajstić information content (AvgIpc) is 3.43. The maximum atomic E-state index is 10.7. The van der Waals surface area contributed by atoms with Crippen LogP contribution in [0.2, 0.25) is 0 Å². The Balaban J connectivity index is 1.46. The van der Waals surface area contributed by atoms with Gasteiger partial charge in [0.25, 0.3) is 0 Å². The first-order chi connectivity index (χ1) is 13.7. The van der Waals surface area contributed by atoms with Crippen LogP contribution >= 0.6 is 0 Å². The predicted octanol–water partition coefficient (Wildman–Crippen LogP) is 1.81. The van der Waals surface area contributed by atoms with E-state index in [0.717, 1.165) is 11.1 Å². The van der Waals surface area contributed by atoms with Crippen LogP contribution in [0, 0.1) is 10.1 Å². The van der Waals surface area contributed by atoms with Crippen molar-refractivity contribution < 1.29 is 4.92 Å². The summed E-state index contributed by atoms with van der Waals surface area (Å²) in [6.45, 7) is 0.435. The molecule has 5 rings (SSSR count). The van der Waals surface area contributed by atoms with Crippen molar-refractivity contribution in [2.75, 3.05) is 0 Å². The highest BCUT2D eigenvalue weighted by atomic mass is 16.6. The molecule has 0 spiro atoms. The van der Waals surface area contributed by atoms with Crippen molar-refractivity contribution >= 4 is 22.4 Å². The molecule has 5 aromatic rings. The third kappa shape index (κ3) is 2.65. The lowest BCUT2D eigenvalue weighted by molar-refractivity contribution is -0.385. The second-order valence-corrected chi connectivity index (χ2v) is 6.14. The van der Waals surface area contributed by atoms with E-state index in [1.165, 1.54) is 17.1 Å². The molecule has 0 fully saturated rings. The second-order valence-electron chi connectivity index (χ2n) is 6.14. The van der Waals surface area contributed by atoms with Crippen LogP contribution in [-0.4, -0.2) is 44.1 Å². The highest BCUT2D eigenvalue weighted by molar-refractivity contribution is 5.89. The van der Waals surface area contributed by atoms with E-state index in [2.05, 4.69) is 25.3 Å². The number of benzene rings is 1. The summed E-state index contributed by atoms with van der Waals surface area (Å²) < 4.78 is 4.87. The SMILES string of the molecule is O=[N+]([O-])c1cnn(CCc2nc3c4cnn(-c5ccccc5)c4ncn3n2)c1. The fourth-order valence-electron chi connectivity index (χ4n) is 3.01. The minimum absolute atomic E-state index is 0.0396. The average molecular weight is 375 g/mol. The summed E-state index contributed by atoms with van der Waals surface area (Å²) in [6.07, 6.45) is 6.42. The number of fused-ring (bicyclic) bond motifs is 3. The number of hydrogen-bond acceptors (Lipinski definition) is 7. The molecule has 0 aliphatic heterocycles. The minimum atomic E-state index is -0.473. The van der Waals surface area contributed by atoms with Gasteiger partial charge in [0.05, 0.1) is 22.2 Å². The van der Waals surface area contributed by atoms with Crippen molar-refractivity contribution in [3.05, 3.63) is 71.2 Å². The highest BCUT2D eigenvalue weighted by Crippen LogP contribution is 2.19. The van der Waals surface area contributed by atoms with Crippen molar-refractivity contribution in [2.45, 2.75) is 13.0 Å². The monoisotopic (exact) mass is 375 g/mol. The number of hydrogen-bond donors (Lipinski definition) is 0. The molecule has 0 bridgehead atoms. The van der Waals surface area contributed by atoms with Gasteiger partial charge in [-0.1, -0.05) is 18.2 Å². The van der Waals surface area contributed by atoms with E-state index in [0.29, 0.717) is 30.1 Å². The minimum Gasteiger partial charge on any atom is -0.265 e. The van der Waals surface area contributed by atoms with Gasteiger partial charge in [-0.15, -0.1) is 5.10 Å². The van der Waals surface area contributed by atoms with E-state index in [1.807, 2.05) is 30.3 Å². The lowest BCUT2D eigenvalue weighted by Gasteiger charge is -2.01. The summed E-state index contributed by atoms with van der Waals surface area (Å²) in [5.41, 5.74) is 2.23. The van der Waals surface area contributed by atoms with Crippen molar-refractivity contribution in [1.29, 1.82) is 0 Å². The molecule has 4 heterocycles. The van der Waals surface area contributed by atoms with Gasteiger partial charge in [0.2, 0.25) is 0 Å². The van der Waals surface area contributed by atoms with E-state index in [4.69, 9.17) is 0 Å². The fourth-order valence-corrected chi connectivity index (χ4v) is 3.01. The van der Waals surface area contributed by atoms with Gasteiger partial charge < -0.3 is 0 Å². The molecule has 0 aliphatic carbocycles. The molecule has 0 atom stereocenters. The molecule has 138 valence electrons. The van der Waals surface area contributed by atoms with Gasteiger partial charge in [0.1, 0.15) is 18.7 Å². The van der Waals surface area contributed by atoms with Gasteiger partial charge >= 0.3 is 5.69 Å². The molecule has 4 aromatic heterocycles. The van der Waals surface area contributed by atoms with E-state index in [9.17, 15) is 10.1 Å². The molecule has 0 unspecified atom stereocenters. The van der Waals surface area contributed by atoms with Crippen LogP contribution < -0.4 is 0 Å². The topological polar surface area (TPSA) is 122 Å². The Morgan fingerprint density at radius 1 is 1.07 bits per heavy atom. The quantitative estimate of drug-likeness (QED) is 0.339. The Labute approximate surface area is 157 Å². The molecular weight excluding hydrogens is 362 g/mol. The van der Waals surface area contributed by atoms with Crippen LogP contribution in [0.1, 0.15) is 5.82 Å². The molecule has 11 heteroatoms. The van der Waals surface area contributed by atoms with E-state index in [-0.39, 0.29) is 5.69 Å². The van der Waals surface area contributed by atoms with Crippen molar-refractivity contribution in [1.82, 2.24) is 39.1 Å². The van der Waals surface area contributed by atoms with Gasteiger partial charge in [-0.2, -0.15) is 10.2 Å². The maximum Gasteiger partial charge on any atom is 0.306 e. The Morgan fingerprint density at radius 2 is 1.93 bits per heavy atom. The summed E-state index contributed by atoms with van der Waals surface area (Å²) >= 11 is 0. The van der Waals surface area contributed by atoms with Gasteiger partial charge in [0, 0.05) is 13.0 Å². The first kappa shape index (κ1) is 16.1. The normalized spacial score (nSPS) is 11.4. The summed E-state index contributed by atoms with van der Waals surface area (Å²) in [4.78, 5) is 19.3. The van der Waals surface area contributed by atoms with Gasteiger partial charge in [-0.25, -0.2) is 19.2 Å². The number of aromatic nitrogens is 8. The van der Waals surface area contributed by atoms with E-state index in [1.54, 1.807) is 21.7 Å². The third-order valence-corrected chi connectivity index (χ3v) is 4.34. The van der Waals surface area contributed by atoms with Crippen molar-refractivity contribution in [2.24, 2.45) is 0 Å². The lowest BCUT2D eigenvalue weighted by Crippen LogP contribution is -2.03. The van der Waals surface area contributed by atoms with Crippen LogP contribution in [-0.2, 0) is 13.0 Å². The van der Waals surface area contributed by atoms with E-state index >= 15 is 0 Å². The Kier molecular flexibility index (Phi) is 3.57. The van der Waals surface area contributed by atoms with Crippen molar-refractivity contribution in [3.63, 3.8) is 0 Å². The molecule has 0 N–H and O–H groups in total. The summed E-state index contributed by atoms with van der Waals surface area (Å²) in [5, 5.41) is 24.4. The molecular formula is C17H13N9O2. The summed E-state index contributed by atoms with van der Waals surface area (Å²) in [6, 6.07) is 9.74. The highest BCUT2D eigenvalue weighted by Gasteiger charge is 2.14. The summed E-state index contributed by atoms with van der Waals surface area (Å²) in [5.74, 6) is 0.597. The van der Waals surface area contributed by atoms with Gasteiger partial charge in [0.15, 0.2) is 17.1 Å². The zero-order valence-corrected chi connectivity index (χ0v) is 14.5. The first-order valence-electron chi connectivity index (χ1n) is 8.49. The van der Waals surface area contributed by atoms with Crippen LogP contribution in [0.15, 0.2) is 55.2 Å². The Bertz CT molecular complexity index is 1300. The smallest absolute Gasteiger partial charge is 0.265 e. The molecule has 0 radical (unpaired) electrons. The number of nitrogens with zero attached hydrogens (tertiary/aromatic N) is 9. The fraction of sp³-hybridized carbons (Fsp3) is 0.118. The second kappa shape index (κ2) is 6.23. The molecule has 0 aliphatic rings. The summed E-state index contributed by atoms with van der Waals surface area (Å²) in [7, 11) is 0. The van der Waals surface area contributed by atoms with Crippen LogP contribution in [0.4, 0.5) is 5.69 Å². The zero-order chi connectivity index (χ0) is 19.1. The number of aryl methyl sites for hydroxylation is 2. The third-order valence-electron chi connectivity index (χ3n) is 4.34. The molecule has 11 nitrogen and oxygen atoms in total. The molecule has 0 saturated carbocycles. The largest absolute Gasteiger partial charge is 0.306 e. The zero-order valence-electron chi connectivity index (χ0n) is 14.5. The Hall–Kier alpha value is -4.15. The Morgan fingerprint density at radius 3 is 2.71 bits per heavy atom. The lowest BCUT2D eigenvalue weighted by atomic mass is 10.3. The molecule has 0 saturated heterocycles. The predicted molar refractivity (Wildman–Crippen MR) is 98.0 cm³/mol. The first-order valence-corrected chi connectivity index (χ1v) is 8.49. The van der Waals surface area contributed by atoms with Crippen LogP contribution in [0.25, 0.3) is 22.4 Å². The van der Waals surface area contributed by atoms with Crippen LogP contribution in [0.5, 0.6) is 0 Å². The molecule has 0 amide bonds.